The minimum atomic E-state index is -4.68. The molecular weight excluding hydrogens is 555 g/mol. The Morgan fingerprint density at radius 1 is 1.21 bits per heavy atom. The van der Waals surface area contributed by atoms with Gasteiger partial charge in [-0.05, 0) is 30.7 Å². The van der Waals surface area contributed by atoms with Crippen molar-refractivity contribution in [2.24, 2.45) is 0 Å². The van der Waals surface area contributed by atoms with E-state index in [1.807, 2.05) is 17.9 Å². The summed E-state index contributed by atoms with van der Waals surface area (Å²) in [4.78, 5) is 38.2. The molecule has 0 radical (unpaired) electrons. The molecule has 12 nitrogen and oxygen atoms in total. The average molecular weight is 588 g/mol. The van der Waals surface area contributed by atoms with E-state index in [2.05, 4.69) is 31.9 Å². The zero-order valence-electron chi connectivity index (χ0n) is 23.1. The van der Waals surface area contributed by atoms with E-state index in [0.717, 1.165) is 23.9 Å². The molecule has 2 aliphatic rings. The maximum absolute atomic E-state index is 14.0. The largest absolute Gasteiger partial charge is 0.417 e. The van der Waals surface area contributed by atoms with E-state index < -0.39 is 17.6 Å². The van der Waals surface area contributed by atoms with Gasteiger partial charge in [-0.2, -0.15) is 13.2 Å². The van der Waals surface area contributed by atoms with E-state index in [0.29, 0.717) is 63.8 Å². The number of alkyl halides is 3. The highest BCUT2D eigenvalue weighted by molar-refractivity contribution is 5.90. The van der Waals surface area contributed by atoms with E-state index in [-0.39, 0.29) is 35.7 Å². The Kier molecular flexibility index (Phi) is 8.31. The number of amides is 2. The molecule has 224 valence electrons. The predicted octanol–water partition coefficient (Wildman–Crippen LogP) is 1.56. The standard InChI is InChI=1S/C27H32F3N9O3/c1-3-23(40)33-13-24(41)37-6-4-36(5-7-37)14-18-10-21-26(38-8-9-42-16-17(38)2)34-25(35-39(21)15-18)19-12-32-22(31)11-20(19)27(28,29)30/h3,10-12,15,17H,1,4-9,13-14,16H2,2H3,(H2,31,32)(H,33,40)/t17-/m0/s1. The van der Waals surface area contributed by atoms with Crippen LogP contribution < -0.4 is 16.0 Å². The summed E-state index contributed by atoms with van der Waals surface area (Å²) in [5.41, 5.74) is 5.92. The van der Waals surface area contributed by atoms with Crippen LogP contribution in [0.2, 0.25) is 0 Å². The quantitative estimate of drug-likeness (QED) is 0.395. The van der Waals surface area contributed by atoms with E-state index in [4.69, 9.17) is 10.5 Å². The van der Waals surface area contributed by atoms with E-state index in [1.54, 1.807) is 15.6 Å². The van der Waals surface area contributed by atoms with Gasteiger partial charge in [-0.25, -0.2) is 14.5 Å². The van der Waals surface area contributed by atoms with Gasteiger partial charge in [-0.15, -0.1) is 5.10 Å². The van der Waals surface area contributed by atoms with Crippen molar-refractivity contribution in [2.45, 2.75) is 25.7 Å². The molecule has 5 rings (SSSR count). The van der Waals surface area contributed by atoms with Gasteiger partial charge in [0.2, 0.25) is 11.8 Å². The number of aromatic nitrogens is 4. The van der Waals surface area contributed by atoms with Crippen LogP contribution in [0.3, 0.4) is 0 Å². The molecule has 3 N–H and O–H groups in total. The molecule has 0 bridgehead atoms. The van der Waals surface area contributed by atoms with Crippen molar-refractivity contribution < 1.29 is 27.5 Å². The molecule has 0 saturated carbocycles. The third kappa shape index (κ3) is 6.31. The molecule has 2 aliphatic heterocycles. The number of hydrogen-bond acceptors (Lipinski definition) is 9. The molecule has 1 atom stereocenters. The van der Waals surface area contributed by atoms with Gasteiger partial charge < -0.3 is 25.6 Å². The summed E-state index contributed by atoms with van der Waals surface area (Å²) in [5, 5.41) is 6.97. The van der Waals surface area contributed by atoms with Gasteiger partial charge in [0.1, 0.15) is 11.3 Å². The van der Waals surface area contributed by atoms with Crippen molar-refractivity contribution in [3.8, 4) is 11.4 Å². The van der Waals surface area contributed by atoms with E-state index in [1.165, 1.54) is 0 Å². The number of nitrogen functional groups attached to an aromatic ring is 1. The predicted molar refractivity (Wildman–Crippen MR) is 148 cm³/mol. The monoisotopic (exact) mass is 587 g/mol. The summed E-state index contributed by atoms with van der Waals surface area (Å²) >= 11 is 0. The Labute approximate surface area is 239 Å². The molecular formula is C27H32F3N9O3. The fraction of sp³-hybridized carbons (Fsp3) is 0.444. The maximum atomic E-state index is 14.0. The number of morpholine rings is 1. The van der Waals surface area contributed by atoms with Gasteiger partial charge in [-0.1, -0.05) is 6.58 Å². The Balaban J connectivity index is 1.42. The molecule has 0 spiro atoms. The lowest BCUT2D eigenvalue weighted by Crippen LogP contribution is -2.50. The molecule has 15 heteroatoms. The van der Waals surface area contributed by atoms with Crippen LogP contribution in [-0.4, -0.2) is 99.7 Å². The first-order valence-electron chi connectivity index (χ1n) is 13.5. The molecule has 2 saturated heterocycles. The molecule has 2 fully saturated rings. The van der Waals surface area contributed by atoms with Gasteiger partial charge in [0.25, 0.3) is 0 Å². The van der Waals surface area contributed by atoms with Crippen molar-refractivity contribution >= 4 is 29.0 Å². The summed E-state index contributed by atoms with van der Waals surface area (Å²) in [6, 6.07) is 2.67. The van der Waals surface area contributed by atoms with Crippen molar-refractivity contribution in [1.82, 2.24) is 34.7 Å². The van der Waals surface area contributed by atoms with Crippen molar-refractivity contribution in [1.29, 1.82) is 0 Å². The van der Waals surface area contributed by atoms with E-state index >= 15 is 0 Å². The van der Waals surface area contributed by atoms with Crippen LogP contribution in [-0.2, 0) is 27.0 Å². The molecule has 0 aromatic carbocycles. The number of fused-ring (bicyclic) bond motifs is 1. The first-order valence-corrected chi connectivity index (χ1v) is 13.5. The van der Waals surface area contributed by atoms with Crippen LogP contribution in [0.25, 0.3) is 16.9 Å². The maximum Gasteiger partial charge on any atom is 0.417 e. The summed E-state index contributed by atoms with van der Waals surface area (Å²) in [5.74, 6) is -0.428. The second kappa shape index (κ2) is 11.9. The number of rotatable bonds is 7. The Bertz CT molecular complexity index is 1480. The fourth-order valence-electron chi connectivity index (χ4n) is 5.14. The number of hydrogen-bond donors (Lipinski definition) is 2. The zero-order chi connectivity index (χ0) is 30.0. The molecule has 42 heavy (non-hydrogen) atoms. The number of piperazine rings is 1. The van der Waals surface area contributed by atoms with Crippen molar-refractivity contribution in [3.05, 3.63) is 48.3 Å². The van der Waals surface area contributed by atoms with Gasteiger partial charge in [0.05, 0.1) is 36.9 Å². The first kappa shape index (κ1) is 29.3. The Morgan fingerprint density at radius 2 is 1.98 bits per heavy atom. The van der Waals surface area contributed by atoms with Gasteiger partial charge in [0, 0.05) is 51.7 Å². The highest BCUT2D eigenvalue weighted by atomic mass is 19.4. The molecule has 0 unspecified atom stereocenters. The third-order valence-electron chi connectivity index (χ3n) is 7.34. The molecule has 2 amide bonds. The molecule has 3 aromatic rings. The number of nitrogens with two attached hydrogens (primary N) is 1. The van der Waals surface area contributed by atoms with Crippen LogP contribution in [0.4, 0.5) is 24.8 Å². The smallest absolute Gasteiger partial charge is 0.384 e. The van der Waals surface area contributed by atoms with E-state index in [9.17, 15) is 22.8 Å². The highest BCUT2D eigenvalue weighted by Crippen LogP contribution is 2.37. The Hall–Kier alpha value is -4.24. The number of carbonyl (C=O) groups is 2. The zero-order valence-corrected chi connectivity index (χ0v) is 23.1. The SMILES string of the molecule is C=CC(=O)NCC(=O)N1CCN(Cc2cc3c(N4CCOC[C@@H]4C)nc(-c4cnc(N)cc4C(F)(F)F)nn3c2)CC1. The second-order valence-corrected chi connectivity index (χ2v) is 10.3. The minimum Gasteiger partial charge on any atom is -0.384 e. The lowest BCUT2D eigenvalue weighted by atomic mass is 10.1. The minimum absolute atomic E-state index is 0.0582. The van der Waals surface area contributed by atoms with Crippen LogP contribution in [0.1, 0.15) is 18.1 Å². The van der Waals surface area contributed by atoms with Crippen LogP contribution in [0.15, 0.2) is 37.2 Å². The van der Waals surface area contributed by atoms with Crippen LogP contribution in [0, 0.1) is 0 Å². The number of halogens is 3. The Morgan fingerprint density at radius 3 is 2.67 bits per heavy atom. The average Bonchev–Trinajstić information content (AvgIpc) is 3.37. The number of ether oxygens (including phenoxy) is 1. The fourth-order valence-corrected chi connectivity index (χ4v) is 5.14. The summed E-state index contributed by atoms with van der Waals surface area (Å²) in [7, 11) is 0. The summed E-state index contributed by atoms with van der Waals surface area (Å²) in [6.07, 6.45) is -0.720. The lowest BCUT2D eigenvalue weighted by molar-refractivity contribution is -0.137. The number of nitrogens with one attached hydrogen (secondary N) is 1. The normalized spacial score (nSPS) is 18.3. The van der Waals surface area contributed by atoms with Gasteiger partial charge >= 0.3 is 6.18 Å². The van der Waals surface area contributed by atoms with Gasteiger partial charge in [-0.3, -0.25) is 14.5 Å². The molecule has 5 heterocycles. The molecule has 3 aromatic heterocycles. The second-order valence-electron chi connectivity index (χ2n) is 10.3. The molecule has 0 aliphatic carbocycles. The highest BCUT2D eigenvalue weighted by Gasteiger charge is 2.36. The number of anilines is 2. The van der Waals surface area contributed by atoms with Crippen molar-refractivity contribution in [3.63, 3.8) is 0 Å². The summed E-state index contributed by atoms with van der Waals surface area (Å²) in [6.45, 7) is 9.47. The topological polar surface area (TPSA) is 134 Å². The summed E-state index contributed by atoms with van der Waals surface area (Å²) < 4.78 is 49.0. The number of pyridine rings is 1. The lowest BCUT2D eigenvalue weighted by Gasteiger charge is -2.34. The van der Waals surface area contributed by atoms with Crippen LogP contribution >= 0.6 is 0 Å². The van der Waals surface area contributed by atoms with Crippen LogP contribution in [0.5, 0.6) is 0 Å². The number of nitrogens with zero attached hydrogens (tertiary/aromatic N) is 7. The van der Waals surface area contributed by atoms with Crippen molar-refractivity contribution in [2.75, 3.05) is 63.1 Å². The number of carbonyl (C=O) groups excluding carboxylic acids is 2. The van der Waals surface area contributed by atoms with Gasteiger partial charge in [0.15, 0.2) is 11.6 Å². The third-order valence-corrected chi connectivity index (χ3v) is 7.34. The first-order chi connectivity index (χ1) is 20.0.